The predicted octanol–water partition coefficient (Wildman–Crippen LogP) is 2.68. The number of allylic oxidation sites excluding steroid dienone is 1. The quantitative estimate of drug-likeness (QED) is 0.619. The molecule has 0 saturated carbocycles. The minimum absolute atomic E-state index is 1.05. The van der Waals surface area contributed by atoms with Crippen LogP contribution in [0.5, 0.6) is 0 Å². The highest BCUT2D eigenvalue weighted by molar-refractivity contribution is 9.11. The second-order valence-electron chi connectivity index (χ2n) is 0.839. The Bertz CT molecular complexity index is 40.8. The Morgan fingerprint density at radius 1 is 1.50 bits per heavy atom. The summed E-state index contributed by atoms with van der Waals surface area (Å²) in [7, 11) is 0. The molecule has 0 aliphatic carbocycles. The van der Waals surface area contributed by atoms with Crippen LogP contribution in [0.3, 0.4) is 0 Å². The van der Waals surface area contributed by atoms with E-state index in [4.69, 9.17) is 0 Å². The van der Waals surface area contributed by atoms with E-state index in [-0.39, 0.29) is 0 Å². The van der Waals surface area contributed by atoms with E-state index in [1.807, 2.05) is 4.99 Å². The van der Waals surface area contributed by atoms with Crippen molar-refractivity contribution in [2.75, 3.05) is 5.33 Å². The summed E-state index contributed by atoms with van der Waals surface area (Å²) in [5.74, 6) is 0. The Morgan fingerprint density at radius 2 is 2.17 bits per heavy atom. The lowest BCUT2D eigenvalue weighted by molar-refractivity contribution is 1.27. The maximum absolute atomic E-state index is 3.28. The molecule has 0 aliphatic heterocycles. The van der Waals surface area contributed by atoms with Gasteiger partial charge in [0.15, 0.2) is 0 Å². The molecule has 36 valence electrons. The summed E-state index contributed by atoms with van der Waals surface area (Å²) in [5.41, 5.74) is 0. The molecule has 0 radical (unpaired) electrons. The second kappa shape index (κ2) is 5.70. The van der Waals surface area contributed by atoms with Crippen molar-refractivity contribution in [3.63, 3.8) is 0 Å². The summed E-state index contributed by atoms with van der Waals surface area (Å²) in [6, 6.07) is 0. The Labute approximate surface area is 54.9 Å². The average Bonchev–Trinajstić information content (AvgIpc) is 1.61. The van der Waals surface area contributed by atoms with E-state index in [0.717, 1.165) is 11.8 Å². The van der Waals surface area contributed by atoms with Gasteiger partial charge < -0.3 is 0 Å². The molecule has 0 N–H and O–H groups in total. The van der Waals surface area contributed by atoms with Gasteiger partial charge in [-0.05, 0) is 11.4 Å². The molecule has 0 bridgehead atoms. The van der Waals surface area contributed by atoms with Crippen LogP contribution < -0.4 is 0 Å². The van der Waals surface area contributed by atoms with Crippen molar-refractivity contribution in [2.45, 2.75) is 6.42 Å². The van der Waals surface area contributed by atoms with Crippen molar-refractivity contribution in [1.82, 2.24) is 0 Å². The van der Waals surface area contributed by atoms with Gasteiger partial charge in [0, 0.05) is 5.33 Å². The zero-order valence-corrected chi connectivity index (χ0v) is 6.50. The van der Waals surface area contributed by atoms with Crippen LogP contribution >= 0.6 is 31.9 Å². The van der Waals surface area contributed by atoms with Crippen LogP contribution in [-0.2, 0) is 0 Å². The van der Waals surface area contributed by atoms with Crippen molar-refractivity contribution in [2.24, 2.45) is 0 Å². The highest BCUT2D eigenvalue weighted by atomic mass is 79.9. The zero-order valence-electron chi connectivity index (χ0n) is 3.32. The van der Waals surface area contributed by atoms with E-state index < -0.39 is 0 Å². The first-order chi connectivity index (χ1) is 2.91. The number of halogens is 2. The van der Waals surface area contributed by atoms with E-state index in [9.17, 15) is 0 Å². The third-order valence-electron chi connectivity index (χ3n) is 0.365. The van der Waals surface area contributed by atoms with Gasteiger partial charge in [-0.3, -0.25) is 0 Å². The first-order valence-electron chi connectivity index (χ1n) is 1.73. The number of alkyl halides is 1. The first-order valence-corrected chi connectivity index (χ1v) is 3.76. The zero-order chi connectivity index (χ0) is 4.83. The smallest absolute Gasteiger partial charge is 0.00661 e. The van der Waals surface area contributed by atoms with Gasteiger partial charge >= 0.3 is 0 Å². The average molecular weight is 214 g/mol. The molecule has 0 amide bonds. The van der Waals surface area contributed by atoms with Gasteiger partial charge in [-0.1, -0.05) is 37.9 Å². The molecule has 6 heavy (non-hydrogen) atoms. The van der Waals surface area contributed by atoms with E-state index in [2.05, 4.69) is 37.9 Å². The number of rotatable bonds is 2. The van der Waals surface area contributed by atoms with Gasteiger partial charge in [-0.2, -0.15) is 0 Å². The molecular weight excluding hydrogens is 208 g/mol. The molecule has 2 heteroatoms. The molecule has 0 aromatic carbocycles. The number of hydrogen-bond acceptors (Lipinski definition) is 0. The van der Waals surface area contributed by atoms with Crippen LogP contribution in [0.15, 0.2) is 11.1 Å². The molecule has 0 nitrogen and oxygen atoms in total. The van der Waals surface area contributed by atoms with Gasteiger partial charge in [-0.15, -0.1) is 0 Å². The fourth-order valence-electron chi connectivity index (χ4n) is 0.126. The molecule has 0 aliphatic rings. The summed E-state index contributed by atoms with van der Waals surface area (Å²) in [5, 5.41) is 1.05. The largest absolute Gasteiger partial charge is 0.0925 e. The van der Waals surface area contributed by atoms with Crippen LogP contribution in [0.1, 0.15) is 6.42 Å². The molecule has 0 fully saturated rings. The van der Waals surface area contributed by atoms with Crippen molar-refractivity contribution in [3.05, 3.63) is 11.1 Å². The molecule has 0 aromatic rings. The van der Waals surface area contributed by atoms with E-state index in [0.29, 0.717) is 0 Å². The highest BCUT2D eigenvalue weighted by Gasteiger charge is 1.67. The van der Waals surface area contributed by atoms with E-state index >= 15 is 0 Å². The lowest BCUT2D eigenvalue weighted by Gasteiger charge is -1.73. The van der Waals surface area contributed by atoms with Crippen LogP contribution in [0.4, 0.5) is 0 Å². The van der Waals surface area contributed by atoms with Gasteiger partial charge in [0.05, 0.1) is 0 Å². The Hall–Kier alpha value is 0.700. The molecule has 0 aromatic heterocycles. The maximum Gasteiger partial charge on any atom is 0.00661 e. The minimum atomic E-state index is 1.05. The topological polar surface area (TPSA) is 0 Å². The van der Waals surface area contributed by atoms with Crippen molar-refractivity contribution in [3.8, 4) is 0 Å². The fourth-order valence-corrected chi connectivity index (χ4v) is 0.655. The fraction of sp³-hybridized carbons (Fsp3) is 0.500. The van der Waals surface area contributed by atoms with Gasteiger partial charge in [-0.25, -0.2) is 0 Å². The third-order valence-corrected chi connectivity index (χ3v) is 1.20. The maximum atomic E-state index is 3.28. The molecule has 0 atom stereocenters. The van der Waals surface area contributed by atoms with Gasteiger partial charge in [0.25, 0.3) is 0 Å². The summed E-state index contributed by atoms with van der Waals surface area (Å²) >= 11 is 6.43. The van der Waals surface area contributed by atoms with Crippen LogP contribution in [0.2, 0.25) is 0 Å². The van der Waals surface area contributed by atoms with Crippen molar-refractivity contribution in [1.29, 1.82) is 0 Å². The second-order valence-corrected chi connectivity index (χ2v) is 2.16. The molecule has 0 spiro atoms. The molecule has 0 heterocycles. The Kier molecular flexibility index (Phi) is 6.36. The van der Waals surface area contributed by atoms with Crippen molar-refractivity contribution < 1.29 is 0 Å². The van der Waals surface area contributed by atoms with Gasteiger partial charge in [0.1, 0.15) is 0 Å². The Balaban J connectivity index is 2.66. The molecule has 0 rings (SSSR count). The third kappa shape index (κ3) is 4.70. The summed E-state index contributed by atoms with van der Waals surface area (Å²) < 4.78 is 0. The normalized spacial score (nSPS) is 10.3. The highest BCUT2D eigenvalue weighted by Crippen LogP contribution is 1.90. The van der Waals surface area contributed by atoms with Crippen LogP contribution in [0.25, 0.3) is 0 Å². The standard InChI is InChI=1S/C4H6Br2/c5-3-1-2-4-6/h1,3H,2,4H2/b3-1+. The first kappa shape index (κ1) is 6.70. The monoisotopic (exact) mass is 212 g/mol. The number of hydrogen-bond donors (Lipinski definition) is 0. The Morgan fingerprint density at radius 3 is 2.33 bits per heavy atom. The van der Waals surface area contributed by atoms with Gasteiger partial charge in [0.2, 0.25) is 0 Å². The minimum Gasteiger partial charge on any atom is -0.0925 e. The SMILES string of the molecule is Br/C=C/CCBr. The summed E-state index contributed by atoms with van der Waals surface area (Å²) in [6.45, 7) is 0. The van der Waals surface area contributed by atoms with E-state index in [1.165, 1.54) is 0 Å². The molecule has 0 unspecified atom stereocenters. The summed E-state index contributed by atoms with van der Waals surface area (Å²) in [4.78, 5) is 1.87. The lowest BCUT2D eigenvalue weighted by atomic mass is 10.5. The van der Waals surface area contributed by atoms with E-state index in [1.54, 1.807) is 0 Å². The summed E-state index contributed by atoms with van der Waals surface area (Å²) in [6.07, 6.45) is 3.15. The predicted molar refractivity (Wildman–Crippen MR) is 36.5 cm³/mol. The molecule has 0 saturated heterocycles. The van der Waals surface area contributed by atoms with Crippen molar-refractivity contribution >= 4 is 31.9 Å². The van der Waals surface area contributed by atoms with Crippen LogP contribution in [-0.4, -0.2) is 5.33 Å². The van der Waals surface area contributed by atoms with Crippen LogP contribution in [0, 0.1) is 0 Å². The molecular formula is C4H6Br2. The lowest BCUT2D eigenvalue weighted by Crippen LogP contribution is -1.60.